The van der Waals surface area contributed by atoms with Crippen LogP contribution in [0.1, 0.15) is 27.7 Å². The van der Waals surface area contributed by atoms with Crippen molar-refractivity contribution in [3.63, 3.8) is 0 Å². The largest absolute Gasteiger partial charge is 2.00 e. The molecule has 0 saturated heterocycles. The Balaban J connectivity index is 0. The smallest absolute Gasteiger partial charge is 0.797 e. The van der Waals surface area contributed by atoms with E-state index in [0.29, 0.717) is 0 Å². The molecule has 0 spiro atoms. The van der Waals surface area contributed by atoms with Gasteiger partial charge in [0.1, 0.15) is 0 Å². The maximum atomic E-state index is 11.5. The molecule has 17 heavy (non-hydrogen) atoms. The molecule has 0 heterocycles. The van der Waals surface area contributed by atoms with Gasteiger partial charge in [-0.2, -0.15) is 0 Å². The molecule has 6 nitrogen and oxygen atoms in total. The van der Waals surface area contributed by atoms with E-state index in [0.717, 1.165) is 27.7 Å². The van der Waals surface area contributed by atoms with Crippen LogP contribution in [-0.4, -0.2) is 33.2 Å². The second-order valence-electron chi connectivity index (χ2n) is 4.78. The summed E-state index contributed by atoms with van der Waals surface area (Å²) in [6.45, 7) is 4.34. The van der Waals surface area contributed by atoms with Crippen LogP contribution in [0.15, 0.2) is 0 Å². The minimum Gasteiger partial charge on any atom is -0.797 e. The zero-order chi connectivity index (χ0) is 13.4. The average molecular weight is 338 g/mol. The Morgan fingerprint density at radius 3 is 1.18 bits per heavy atom. The molecule has 0 bridgehead atoms. The first-order chi connectivity index (χ1) is 6.71. The van der Waals surface area contributed by atoms with E-state index in [-0.39, 0.29) is 19.5 Å². The molecule has 0 aliphatic heterocycles. The van der Waals surface area contributed by atoms with Crippen molar-refractivity contribution in [3.8, 4) is 0 Å². The van der Waals surface area contributed by atoms with Crippen molar-refractivity contribution >= 4 is 14.7 Å². The van der Waals surface area contributed by atoms with E-state index >= 15 is 0 Å². The number of hydrogen-bond acceptors (Lipinski definition) is 6. The maximum Gasteiger partial charge on any atom is 2.00 e. The summed E-state index contributed by atoms with van der Waals surface area (Å²) in [5.74, 6) is 0. The minimum atomic E-state index is -4.22. The Morgan fingerprint density at radius 2 is 1.06 bits per heavy atom. The van der Waals surface area contributed by atoms with Gasteiger partial charge >= 0.3 is 19.5 Å². The van der Waals surface area contributed by atoms with Crippen LogP contribution in [0.3, 0.4) is 0 Å². The zero-order valence-corrected chi connectivity index (χ0v) is 15.3. The summed E-state index contributed by atoms with van der Waals surface area (Å²) >= 11 is 0. The Hall–Kier alpha value is 0.923. The van der Waals surface area contributed by atoms with Gasteiger partial charge in [-0.05, 0) is 40.0 Å². The standard InChI is InChI=1S/C8H20O6P2.Zn/c1-7(2,9)15(11,12)5-6-16(13,14)8(3,4)10;/h9-10H,5-6H2,1-4H3,(H,11,12)(H,13,14);/q;+2/p-2. The van der Waals surface area contributed by atoms with Gasteiger partial charge in [-0.3, -0.25) is 0 Å². The van der Waals surface area contributed by atoms with Crippen molar-refractivity contribution < 1.29 is 48.6 Å². The first kappa shape index (κ1) is 20.2. The van der Waals surface area contributed by atoms with Crippen LogP contribution in [0.25, 0.3) is 0 Å². The fraction of sp³-hybridized carbons (Fsp3) is 1.00. The third-order valence-corrected chi connectivity index (χ3v) is 7.67. The molecule has 9 heteroatoms. The van der Waals surface area contributed by atoms with Gasteiger partial charge in [-0.1, -0.05) is 0 Å². The summed E-state index contributed by atoms with van der Waals surface area (Å²) in [7, 11) is -8.44. The zero-order valence-electron chi connectivity index (χ0n) is 10.5. The molecule has 2 atom stereocenters. The quantitative estimate of drug-likeness (QED) is 0.525. The number of aliphatic hydroxyl groups is 2. The van der Waals surface area contributed by atoms with Crippen molar-refractivity contribution in [2.24, 2.45) is 0 Å². The van der Waals surface area contributed by atoms with Crippen molar-refractivity contribution in [3.05, 3.63) is 0 Å². The summed E-state index contributed by atoms with van der Waals surface area (Å²) in [5, 5.41) is 14.7. The SMILES string of the molecule is CC(C)(O)P(=O)([O-])CCP(=O)([O-])C(C)(C)O.[Zn+2]. The molecule has 98 valence electrons. The molecule has 0 aromatic heterocycles. The molecule has 0 aliphatic carbocycles. The van der Waals surface area contributed by atoms with E-state index in [2.05, 4.69) is 0 Å². The molecule has 0 aromatic carbocycles. The Bertz CT molecular complexity index is 309. The first-order valence-electron chi connectivity index (χ1n) is 4.76. The van der Waals surface area contributed by atoms with Crippen molar-refractivity contribution in [2.45, 2.75) is 38.4 Å². The van der Waals surface area contributed by atoms with Gasteiger partial charge in [-0.15, -0.1) is 0 Å². The number of hydrogen-bond donors (Lipinski definition) is 2. The minimum absolute atomic E-state index is 0. The fourth-order valence-electron chi connectivity index (χ4n) is 0.811. The summed E-state index contributed by atoms with van der Waals surface area (Å²) in [6, 6.07) is 0. The molecule has 0 rings (SSSR count). The molecular weight excluding hydrogens is 319 g/mol. The fourth-order valence-corrected chi connectivity index (χ4v) is 4.01. The molecule has 0 aromatic rings. The maximum absolute atomic E-state index is 11.5. The van der Waals surface area contributed by atoms with Crippen molar-refractivity contribution in [1.29, 1.82) is 0 Å². The molecular formula is C8H18O6P2Zn. The summed E-state index contributed by atoms with van der Waals surface area (Å²) < 4.78 is 22.9. The average Bonchev–Trinajstić information content (AvgIpc) is 1.97. The number of rotatable bonds is 5. The molecule has 0 aliphatic rings. The summed E-state index contributed by atoms with van der Waals surface area (Å²) in [5.41, 5.74) is 0. The van der Waals surface area contributed by atoms with Crippen molar-refractivity contribution in [2.75, 3.05) is 12.3 Å². The summed E-state index contributed by atoms with van der Waals surface area (Å²) in [6.07, 6.45) is -1.36. The van der Waals surface area contributed by atoms with Gasteiger partial charge in [0.2, 0.25) is 0 Å². The van der Waals surface area contributed by atoms with Crippen LogP contribution in [-0.2, 0) is 28.6 Å². The monoisotopic (exact) mass is 336 g/mol. The van der Waals surface area contributed by atoms with Crippen LogP contribution < -0.4 is 9.79 Å². The Labute approximate surface area is 114 Å². The van der Waals surface area contributed by atoms with Gasteiger partial charge in [0.15, 0.2) is 0 Å². The molecule has 0 fully saturated rings. The molecule has 0 amide bonds. The Kier molecular flexibility index (Phi) is 7.05. The van der Waals surface area contributed by atoms with Crippen LogP contribution in [0.2, 0.25) is 0 Å². The van der Waals surface area contributed by atoms with Crippen LogP contribution in [0.4, 0.5) is 0 Å². The van der Waals surface area contributed by atoms with E-state index in [9.17, 15) is 29.1 Å². The van der Waals surface area contributed by atoms with Gasteiger partial charge in [0, 0.05) is 14.7 Å². The van der Waals surface area contributed by atoms with E-state index < -0.39 is 37.7 Å². The predicted molar refractivity (Wildman–Crippen MR) is 57.5 cm³/mol. The van der Waals surface area contributed by atoms with Crippen LogP contribution >= 0.6 is 14.7 Å². The van der Waals surface area contributed by atoms with E-state index in [1.165, 1.54) is 0 Å². The molecule has 0 saturated carbocycles. The molecule has 2 N–H and O–H groups in total. The van der Waals surface area contributed by atoms with Gasteiger partial charge in [-0.25, -0.2) is 0 Å². The Morgan fingerprint density at radius 1 is 0.882 bits per heavy atom. The van der Waals surface area contributed by atoms with Crippen LogP contribution in [0.5, 0.6) is 0 Å². The van der Waals surface area contributed by atoms with Gasteiger partial charge < -0.3 is 29.1 Å². The van der Waals surface area contributed by atoms with E-state index in [1.807, 2.05) is 0 Å². The predicted octanol–water partition coefficient (Wildman–Crippen LogP) is -0.283. The second-order valence-corrected chi connectivity index (χ2v) is 10.6. The third kappa shape index (κ3) is 5.61. The summed E-state index contributed by atoms with van der Waals surface area (Å²) in [4.78, 5) is 22.9. The van der Waals surface area contributed by atoms with Crippen molar-refractivity contribution in [1.82, 2.24) is 0 Å². The first-order valence-corrected chi connectivity index (χ1v) is 8.38. The van der Waals surface area contributed by atoms with Gasteiger partial charge in [0.05, 0.1) is 10.7 Å². The van der Waals surface area contributed by atoms with E-state index in [4.69, 9.17) is 0 Å². The normalized spacial score (nSPS) is 20.0. The van der Waals surface area contributed by atoms with Gasteiger partial charge in [0.25, 0.3) is 0 Å². The molecule has 2 unspecified atom stereocenters. The van der Waals surface area contributed by atoms with Crippen LogP contribution in [0, 0.1) is 0 Å². The second kappa shape index (κ2) is 5.92. The molecule has 0 radical (unpaired) electrons. The topological polar surface area (TPSA) is 121 Å². The third-order valence-electron chi connectivity index (χ3n) is 2.36. The van der Waals surface area contributed by atoms with E-state index in [1.54, 1.807) is 0 Å².